The van der Waals surface area contributed by atoms with Crippen molar-refractivity contribution in [1.82, 2.24) is 9.97 Å². The third-order valence-corrected chi connectivity index (χ3v) is 5.84. The molecule has 164 valence electrons. The molecule has 1 saturated carbocycles. The molecule has 1 fully saturated rings. The zero-order valence-corrected chi connectivity index (χ0v) is 17.5. The van der Waals surface area contributed by atoms with Gasteiger partial charge in [0.2, 0.25) is 5.88 Å². The summed E-state index contributed by atoms with van der Waals surface area (Å²) in [6.07, 6.45) is -0.587. The number of aryl methyl sites for hydroxylation is 1. The molecule has 0 saturated heterocycles. The number of hydrogen-bond donors (Lipinski definition) is 0. The van der Waals surface area contributed by atoms with Gasteiger partial charge in [0.05, 0.1) is 18.2 Å². The zero-order chi connectivity index (χ0) is 22.5. The van der Waals surface area contributed by atoms with Crippen molar-refractivity contribution in [2.75, 3.05) is 7.11 Å². The van der Waals surface area contributed by atoms with Gasteiger partial charge in [0.1, 0.15) is 5.78 Å². The molecule has 1 aliphatic heterocycles. The van der Waals surface area contributed by atoms with Crippen molar-refractivity contribution in [2.24, 2.45) is 0 Å². The Balaban J connectivity index is 1.40. The highest BCUT2D eigenvalue weighted by Gasteiger charge is 2.52. The van der Waals surface area contributed by atoms with Crippen LogP contribution in [0.1, 0.15) is 29.7 Å². The Labute approximate surface area is 183 Å². The van der Waals surface area contributed by atoms with Crippen molar-refractivity contribution in [1.29, 1.82) is 0 Å². The number of carbonyl (C=O) groups excluding carboxylic acids is 1. The van der Waals surface area contributed by atoms with Crippen LogP contribution in [0.15, 0.2) is 48.7 Å². The molecule has 3 heterocycles. The highest BCUT2D eigenvalue weighted by molar-refractivity contribution is 5.94. The molecule has 2 aliphatic rings. The average molecular weight is 438 g/mol. The summed E-state index contributed by atoms with van der Waals surface area (Å²) in [7, 11) is 1.55. The van der Waals surface area contributed by atoms with Gasteiger partial charge in [-0.3, -0.25) is 9.78 Å². The monoisotopic (exact) mass is 438 g/mol. The van der Waals surface area contributed by atoms with Gasteiger partial charge in [-0.15, -0.1) is 8.78 Å². The topological polar surface area (TPSA) is 70.5 Å². The fraction of sp³-hybridized carbons (Fsp3) is 0.292. The van der Waals surface area contributed by atoms with Crippen LogP contribution in [-0.4, -0.2) is 29.2 Å². The van der Waals surface area contributed by atoms with Gasteiger partial charge in [-0.1, -0.05) is 6.07 Å². The van der Waals surface area contributed by atoms with Crippen LogP contribution in [0.2, 0.25) is 0 Å². The van der Waals surface area contributed by atoms with E-state index in [2.05, 4.69) is 19.4 Å². The summed E-state index contributed by atoms with van der Waals surface area (Å²) >= 11 is 0. The van der Waals surface area contributed by atoms with E-state index in [0.717, 1.165) is 16.8 Å². The first-order valence-electron chi connectivity index (χ1n) is 10.2. The number of Topliss-reactive ketones (excluding diaryl/α,β-unsaturated/α-hetero) is 1. The number of nitrogens with zero attached hydrogens (tertiary/aromatic N) is 2. The van der Waals surface area contributed by atoms with Gasteiger partial charge in [-0.2, -0.15) is 0 Å². The number of methoxy groups -OCH3 is 1. The maximum atomic E-state index is 13.4. The number of hydrogen-bond acceptors (Lipinski definition) is 6. The number of ketones is 1. The average Bonchev–Trinajstić information content (AvgIpc) is 3.50. The van der Waals surface area contributed by atoms with Gasteiger partial charge in [-0.25, -0.2) is 4.98 Å². The lowest BCUT2D eigenvalue weighted by Gasteiger charge is -2.15. The maximum absolute atomic E-state index is 13.4. The van der Waals surface area contributed by atoms with Crippen molar-refractivity contribution in [3.05, 3.63) is 65.5 Å². The van der Waals surface area contributed by atoms with Crippen molar-refractivity contribution >= 4 is 5.78 Å². The molecule has 0 spiro atoms. The fourth-order valence-corrected chi connectivity index (χ4v) is 4.09. The van der Waals surface area contributed by atoms with Gasteiger partial charge >= 0.3 is 6.29 Å². The molecule has 6 nitrogen and oxygen atoms in total. The standard InChI is InChI=1S/C24H20F2N2O4/c1-14-9-17(28-18(10-14)15-5-8-27-22(11-15)30-2)13-21(29)23(6-7-23)16-3-4-19-20(12-16)32-24(25,26)31-19/h3-5,8-12H,6-7,13H2,1-2H3. The molecule has 0 N–H and O–H groups in total. The van der Waals surface area contributed by atoms with Crippen LogP contribution in [0, 0.1) is 6.92 Å². The lowest BCUT2D eigenvalue weighted by Crippen LogP contribution is -2.26. The van der Waals surface area contributed by atoms with E-state index in [1.807, 2.05) is 25.1 Å². The van der Waals surface area contributed by atoms with E-state index in [1.165, 1.54) is 12.1 Å². The minimum Gasteiger partial charge on any atom is -0.481 e. The van der Waals surface area contributed by atoms with Crippen molar-refractivity contribution in [3.63, 3.8) is 0 Å². The van der Waals surface area contributed by atoms with Crippen molar-refractivity contribution in [2.45, 2.75) is 37.9 Å². The summed E-state index contributed by atoms with van der Waals surface area (Å²) in [6, 6.07) is 12.0. The Kier molecular flexibility index (Phi) is 4.62. The predicted molar refractivity (Wildman–Crippen MR) is 111 cm³/mol. The Morgan fingerprint density at radius 1 is 1.09 bits per heavy atom. The molecule has 0 radical (unpaired) electrons. The highest BCUT2D eigenvalue weighted by atomic mass is 19.3. The van der Waals surface area contributed by atoms with Gasteiger partial charge < -0.3 is 14.2 Å². The minimum absolute atomic E-state index is 0.000477. The summed E-state index contributed by atoms with van der Waals surface area (Å²) in [5.41, 5.74) is 3.15. The Morgan fingerprint density at radius 2 is 1.88 bits per heavy atom. The Morgan fingerprint density at radius 3 is 2.62 bits per heavy atom. The van der Waals surface area contributed by atoms with E-state index >= 15 is 0 Å². The SMILES string of the molecule is COc1cc(-c2cc(C)cc(CC(=O)C3(c4ccc5c(c4)OC(F)(F)O5)CC3)n2)ccn1. The second-order valence-corrected chi connectivity index (χ2v) is 8.12. The third-order valence-electron chi connectivity index (χ3n) is 5.84. The molecule has 1 aromatic carbocycles. The Hall–Kier alpha value is -3.55. The van der Waals surface area contributed by atoms with Gasteiger partial charge in [-0.05, 0) is 61.2 Å². The van der Waals surface area contributed by atoms with Gasteiger partial charge in [0, 0.05) is 29.9 Å². The number of benzene rings is 1. The largest absolute Gasteiger partial charge is 0.586 e. The zero-order valence-electron chi connectivity index (χ0n) is 17.5. The summed E-state index contributed by atoms with van der Waals surface area (Å²) in [6.45, 7) is 1.95. The number of alkyl halides is 2. The van der Waals surface area contributed by atoms with E-state index in [9.17, 15) is 13.6 Å². The molecule has 1 aliphatic carbocycles. The molecule has 0 amide bonds. The van der Waals surface area contributed by atoms with E-state index < -0.39 is 11.7 Å². The van der Waals surface area contributed by atoms with Crippen LogP contribution in [0.3, 0.4) is 0 Å². The third kappa shape index (κ3) is 3.66. The molecular weight excluding hydrogens is 418 g/mol. The molecule has 2 aromatic heterocycles. The van der Waals surface area contributed by atoms with E-state index in [0.29, 0.717) is 30.0 Å². The number of ether oxygens (including phenoxy) is 3. The predicted octanol–water partition coefficient (Wildman–Crippen LogP) is 4.63. The highest BCUT2D eigenvalue weighted by Crippen LogP contribution is 2.52. The fourth-order valence-electron chi connectivity index (χ4n) is 4.09. The van der Waals surface area contributed by atoms with Crippen molar-refractivity contribution in [3.8, 4) is 28.6 Å². The number of rotatable bonds is 6. The van der Waals surface area contributed by atoms with Crippen LogP contribution >= 0.6 is 0 Å². The quantitative estimate of drug-likeness (QED) is 0.559. The number of halogens is 2. The summed E-state index contributed by atoms with van der Waals surface area (Å²) in [4.78, 5) is 22.1. The van der Waals surface area contributed by atoms with Crippen LogP contribution in [-0.2, 0) is 16.6 Å². The number of carbonyl (C=O) groups is 1. The molecule has 3 aromatic rings. The first-order valence-corrected chi connectivity index (χ1v) is 10.2. The van der Waals surface area contributed by atoms with Crippen LogP contribution in [0.4, 0.5) is 8.78 Å². The lowest BCUT2D eigenvalue weighted by atomic mass is 9.88. The molecule has 32 heavy (non-hydrogen) atoms. The lowest BCUT2D eigenvalue weighted by molar-refractivity contribution is -0.286. The summed E-state index contributed by atoms with van der Waals surface area (Å²) in [5.74, 6) is 0.405. The van der Waals surface area contributed by atoms with Crippen LogP contribution in [0.25, 0.3) is 11.3 Å². The van der Waals surface area contributed by atoms with E-state index in [1.54, 1.807) is 25.4 Å². The number of pyridine rings is 2. The molecule has 0 unspecified atom stereocenters. The van der Waals surface area contributed by atoms with Crippen molar-refractivity contribution < 1.29 is 27.8 Å². The first-order chi connectivity index (χ1) is 15.3. The van der Waals surface area contributed by atoms with E-state index in [4.69, 9.17) is 4.74 Å². The van der Waals surface area contributed by atoms with E-state index in [-0.39, 0.29) is 23.7 Å². The summed E-state index contributed by atoms with van der Waals surface area (Å²) < 4.78 is 40.9. The molecule has 0 atom stereocenters. The Bertz CT molecular complexity index is 1220. The van der Waals surface area contributed by atoms with Gasteiger partial charge in [0.25, 0.3) is 0 Å². The smallest absolute Gasteiger partial charge is 0.481 e. The number of aromatic nitrogens is 2. The first kappa shape index (κ1) is 20.4. The summed E-state index contributed by atoms with van der Waals surface area (Å²) in [5, 5.41) is 0. The van der Waals surface area contributed by atoms with Crippen LogP contribution in [0.5, 0.6) is 17.4 Å². The molecular formula is C24H20F2N2O4. The second-order valence-electron chi connectivity index (χ2n) is 8.12. The van der Waals surface area contributed by atoms with Gasteiger partial charge in [0.15, 0.2) is 11.5 Å². The molecule has 8 heteroatoms. The number of fused-ring (bicyclic) bond motifs is 1. The minimum atomic E-state index is -3.68. The van der Waals surface area contributed by atoms with Crippen LogP contribution < -0.4 is 14.2 Å². The maximum Gasteiger partial charge on any atom is 0.586 e. The normalized spacial score (nSPS) is 17.1. The second kappa shape index (κ2) is 7.25. The molecule has 0 bridgehead atoms. The molecule has 5 rings (SSSR count).